The zero-order chi connectivity index (χ0) is 15.8. The predicted molar refractivity (Wildman–Crippen MR) is 72.4 cm³/mol. The van der Waals surface area contributed by atoms with Gasteiger partial charge in [-0.15, -0.1) is 0 Å². The molecule has 2 aromatic rings. The Balaban J connectivity index is 2.70. The van der Waals surface area contributed by atoms with Crippen LogP contribution in [0.25, 0.3) is 10.9 Å². The highest BCUT2D eigenvalue weighted by Crippen LogP contribution is 2.35. The lowest BCUT2D eigenvalue weighted by Crippen LogP contribution is -2.10. The van der Waals surface area contributed by atoms with Crippen molar-refractivity contribution < 1.29 is 22.7 Å². The summed E-state index contributed by atoms with van der Waals surface area (Å²) in [5.41, 5.74) is -0.257. The number of rotatable bonds is 2. The van der Waals surface area contributed by atoms with Crippen LogP contribution in [-0.2, 0) is 10.9 Å². The number of halogens is 4. The summed E-state index contributed by atoms with van der Waals surface area (Å²) in [4.78, 5) is 16.0. The molecular weight excluding hydrogens is 307 g/mol. The van der Waals surface area contributed by atoms with Gasteiger partial charge in [-0.2, -0.15) is 13.2 Å². The molecule has 0 unspecified atom stereocenters. The van der Waals surface area contributed by atoms with Crippen molar-refractivity contribution in [2.45, 2.75) is 20.0 Å². The van der Waals surface area contributed by atoms with E-state index in [1.807, 2.05) is 0 Å². The lowest BCUT2D eigenvalue weighted by Gasteiger charge is -2.12. The number of benzene rings is 1. The number of hydrogen-bond donors (Lipinski definition) is 0. The Morgan fingerprint density at radius 2 is 2.05 bits per heavy atom. The third kappa shape index (κ3) is 2.95. The smallest absolute Gasteiger partial charge is 0.416 e. The molecule has 0 saturated carbocycles. The highest BCUT2D eigenvalue weighted by atomic mass is 35.5. The maximum Gasteiger partial charge on any atom is 0.416 e. The van der Waals surface area contributed by atoms with Crippen LogP contribution in [0.4, 0.5) is 13.2 Å². The zero-order valence-electron chi connectivity index (χ0n) is 11.2. The van der Waals surface area contributed by atoms with Gasteiger partial charge in [0.05, 0.1) is 28.4 Å². The van der Waals surface area contributed by atoms with Gasteiger partial charge in [-0.3, -0.25) is 4.98 Å². The van der Waals surface area contributed by atoms with Crippen molar-refractivity contribution in [3.63, 3.8) is 0 Å². The SMILES string of the molecule is CCOC(=O)c1c(C)nc2ccc(C(F)(F)F)cc2c1Cl. The first-order valence-corrected chi connectivity index (χ1v) is 6.47. The third-order valence-corrected chi connectivity index (χ3v) is 3.30. The number of fused-ring (bicyclic) bond motifs is 1. The Hall–Kier alpha value is -1.82. The van der Waals surface area contributed by atoms with E-state index in [1.165, 1.54) is 6.07 Å². The Kier molecular flexibility index (Phi) is 4.09. The second kappa shape index (κ2) is 5.52. The molecule has 0 aliphatic carbocycles. The number of aromatic nitrogens is 1. The van der Waals surface area contributed by atoms with E-state index in [0.717, 1.165) is 12.1 Å². The fourth-order valence-electron chi connectivity index (χ4n) is 1.96. The molecule has 0 aliphatic rings. The van der Waals surface area contributed by atoms with Crippen molar-refractivity contribution in [1.82, 2.24) is 4.98 Å². The number of pyridine rings is 1. The molecule has 0 saturated heterocycles. The van der Waals surface area contributed by atoms with Gasteiger partial charge in [0.1, 0.15) is 5.56 Å². The van der Waals surface area contributed by atoms with Crippen molar-refractivity contribution in [2.75, 3.05) is 6.61 Å². The van der Waals surface area contributed by atoms with E-state index in [1.54, 1.807) is 13.8 Å². The van der Waals surface area contributed by atoms with Crippen LogP contribution >= 0.6 is 11.6 Å². The summed E-state index contributed by atoms with van der Waals surface area (Å²) in [5, 5.41) is -0.0119. The molecule has 0 radical (unpaired) electrons. The number of esters is 1. The highest BCUT2D eigenvalue weighted by Gasteiger charge is 2.31. The molecule has 3 nitrogen and oxygen atoms in total. The molecule has 0 bridgehead atoms. The zero-order valence-corrected chi connectivity index (χ0v) is 12.0. The van der Waals surface area contributed by atoms with Crippen LogP contribution in [0.1, 0.15) is 28.5 Å². The van der Waals surface area contributed by atoms with Gasteiger partial charge in [0.15, 0.2) is 0 Å². The lowest BCUT2D eigenvalue weighted by molar-refractivity contribution is -0.137. The molecule has 1 aromatic heterocycles. The molecule has 0 aliphatic heterocycles. The first kappa shape index (κ1) is 15.6. The molecular formula is C14H11ClF3NO2. The van der Waals surface area contributed by atoms with Crippen LogP contribution < -0.4 is 0 Å². The number of hydrogen-bond acceptors (Lipinski definition) is 3. The van der Waals surface area contributed by atoms with Gasteiger partial charge in [0, 0.05) is 5.39 Å². The minimum absolute atomic E-state index is 0.00894. The number of carbonyl (C=O) groups excluding carboxylic acids is 1. The van der Waals surface area contributed by atoms with Crippen LogP contribution in [0.2, 0.25) is 5.02 Å². The van der Waals surface area contributed by atoms with Crippen molar-refractivity contribution in [3.05, 3.63) is 40.0 Å². The van der Waals surface area contributed by atoms with Crippen LogP contribution in [-0.4, -0.2) is 17.6 Å². The Bertz CT molecular complexity index is 713. The molecule has 0 spiro atoms. The van der Waals surface area contributed by atoms with E-state index < -0.39 is 17.7 Å². The molecule has 112 valence electrons. The molecule has 21 heavy (non-hydrogen) atoms. The number of alkyl halides is 3. The van der Waals surface area contributed by atoms with E-state index >= 15 is 0 Å². The first-order valence-electron chi connectivity index (χ1n) is 6.10. The maximum absolute atomic E-state index is 12.8. The standard InChI is InChI=1S/C14H11ClF3NO2/c1-3-21-13(20)11-7(2)19-10-5-4-8(14(16,17)18)6-9(10)12(11)15/h4-6H,3H2,1-2H3. The number of nitrogens with zero attached hydrogens (tertiary/aromatic N) is 1. The van der Waals surface area contributed by atoms with Crippen molar-refractivity contribution in [2.24, 2.45) is 0 Å². The Labute approximate surface area is 123 Å². The summed E-state index contributed by atoms with van der Waals surface area (Å²) in [6.07, 6.45) is -4.49. The summed E-state index contributed by atoms with van der Waals surface area (Å²) in [7, 11) is 0. The topological polar surface area (TPSA) is 39.2 Å². The normalized spacial score (nSPS) is 11.7. The molecule has 1 aromatic carbocycles. The Morgan fingerprint density at radius 1 is 1.38 bits per heavy atom. The summed E-state index contributed by atoms with van der Waals surface area (Å²) >= 11 is 6.09. The summed E-state index contributed by atoms with van der Waals surface area (Å²) < 4.78 is 43.1. The average Bonchev–Trinajstić information content (AvgIpc) is 2.37. The average molecular weight is 318 g/mol. The molecule has 0 fully saturated rings. The molecule has 0 atom stereocenters. The predicted octanol–water partition coefficient (Wildman–Crippen LogP) is 4.39. The van der Waals surface area contributed by atoms with E-state index in [9.17, 15) is 18.0 Å². The second-order valence-electron chi connectivity index (χ2n) is 4.34. The maximum atomic E-state index is 12.8. The summed E-state index contributed by atoms with van der Waals surface area (Å²) in [5.74, 6) is -0.702. The summed E-state index contributed by atoms with van der Waals surface area (Å²) in [6.45, 7) is 3.31. The number of aryl methyl sites for hydroxylation is 1. The van der Waals surface area contributed by atoms with Crippen molar-refractivity contribution in [3.8, 4) is 0 Å². The molecule has 0 N–H and O–H groups in total. The van der Waals surface area contributed by atoms with E-state index in [0.29, 0.717) is 11.2 Å². The quantitative estimate of drug-likeness (QED) is 0.771. The summed E-state index contributed by atoms with van der Waals surface area (Å²) in [6, 6.07) is 3.04. The van der Waals surface area contributed by atoms with Crippen molar-refractivity contribution in [1.29, 1.82) is 0 Å². The van der Waals surface area contributed by atoms with E-state index in [-0.39, 0.29) is 22.6 Å². The van der Waals surface area contributed by atoms with E-state index in [4.69, 9.17) is 16.3 Å². The van der Waals surface area contributed by atoms with Gasteiger partial charge in [-0.25, -0.2) is 4.79 Å². The first-order chi connectivity index (χ1) is 9.75. The largest absolute Gasteiger partial charge is 0.462 e. The van der Waals surface area contributed by atoms with Gasteiger partial charge in [-0.1, -0.05) is 11.6 Å². The minimum Gasteiger partial charge on any atom is -0.462 e. The van der Waals surface area contributed by atoms with Crippen LogP contribution in [0.5, 0.6) is 0 Å². The van der Waals surface area contributed by atoms with Crippen molar-refractivity contribution >= 4 is 28.5 Å². The second-order valence-corrected chi connectivity index (χ2v) is 4.71. The number of carbonyl (C=O) groups is 1. The highest BCUT2D eigenvalue weighted by molar-refractivity contribution is 6.38. The lowest BCUT2D eigenvalue weighted by atomic mass is 10.1. The fraction of sp³-hybridized carbons (Fsp3) is 0.286. The van der Waals surface area contributed by atoms with Crippen LogP contribution in [0.15, 0.2) is 18.2 Å². The number of ether oxygens (including phenoxy) is 1. The van der Waals surface area contributed by atoms with Crippen LogP contribution in [0, 0.1) is 6.92 Å². The van der Waals surface area contributed by atoms with Gasteiger partial charge < -0.3 is 4.74 Å². The van der Waals surface area contributed by atoms with Gasteiger partial charge >= 0.3 is 12.1 Å². The monoisotopic (exact) mass is 317 g/mol. The molecule has 2 rings (SSSR count). The Morgan fingerprint density at radius 3 is 2.62 bits per heavy atom. The van der Waals surface area contributed by atoms with Gasteiger partial charge in [-0.05, 0) is 32.0 Å². The van der Waals surface area contributed by atoms with E-state index in [2.05, 4.69) is 4.98 Å². The minimum atomic E-state index is -4.49. The molecule has 1 heterocycles. The van der Waals surface area contributed by atoms with Crippen LogP contribution in [0.3, 0.4) is 0 Å². The molecule has 0 amide bonds. The fourth-order valence-corrected chi connectivity index (χ4v) is 2.32. The van der Waals surface area contributed by atoms with Gasteiger partial charge in [0.25, 0.3) is 0 Å². The van der Waals surface area contributed by atoms with Gasteiger partial charge in [0.2, 0.25) is 0 Å². The molecule has 7 heteroatoms. The third-order valence-electron chi connectivity index (χ3n) is 2.91.